The van der Waals surface area contributed by atoms with E-state index in [1.807, 2.05) is 12.1 Å². The molecule has 0 heterocycles. The van der Waals surface area contributed by atoms with Gasteiger partial charge in [-0.1, -0.05) is 12.5 Å². The lowest BCUT2D eigenvalue weighted by molar-refractivity contribution is 0.388. The summed E-state index contributed by atoms with van der Waals surface area (Å²) in [6.07, 6.45) is 6.59. The molecule has 1 aromatic rings. The van der Waals surface area contributed by atoms with Crippen LogP contribution in [0.25, 0.3) is 5.57 Å². The fraction of sp³-hybridized carbons (Fsp3) is 0.467. The van der Waals surface area contributed by atoms with Crippen LogP contribution in [0.15, 0.2) is 22.7 Å². The average molecular weight is 346 g/mol. The number of hydrogen-bond acceptors (Lipinski definition) is 2. The molecule has 1 aliphatic carbocycles. The van der Waals surface area contributed by atoms with Crippen LogP contribution in [0.1, 0.15) is 31.2 Å². The molecule has 0 radical (unpaired) electrons. The van der Waals surface area contributed by atoms with Crippen molar-refractivity contribution in [3.8, 4) is 11.5 Å². The molecule has 0 aliphatic heterocycles. The van der Waals surface area contributed by atoms with Gasteiger partial charge in [0.2, 0.25) is 0 Å². The van der Waals surface area contributed by atoms with Gasteiger partial charge < -0.3 is 9.47 Å². The summed E-state index contributed by atoms with van der Waals surface area (Å²) < 4.78 is 11.7. The first-order valence-electron chi connectivity index (χ1n) is 6.43. The van der Waals surface area contributed by atoms with Gasteiger partial charge in [0.1, 0.15) is 16.0 Å². The first kappa shape index (κ1) is 14.7. The van der Waals surface area contributed by atoms with Crippen LogP contribution in [-0.4, -0.2) is 19.6 Å². The van der Waals surface area contributed by atoms with Gasteiger partial charge in [0.25, 0.3) is 0 Å². The Morgan fingerprint density at radius 1 is 1.21 bits per heavy atom. The third kappa shape index (κ3) is 3.26. The molecule has 1 aliphatic rings. The molecule has 0 saturated heterocycles. The van der Waals surface area contributed by atoms with Gasteiger partial charge in [-0.25, -0.2) is 0 Å². The maximum Gasteiger partial charge on any atom is 0.144 e. The highest BCUT2D eigenvalue weighted by molar-refractivity contribution is 9.10. The van der Waals surface area contributed by atoms with Crippen LogP contribution in [-0.2, 0) is 0 Å². The zero-order valence-electron chi connectivity index (χ0n) is 11.2. The topological polar surface area (TPSA) is 18.5 Å². The molecule has 0 saturated carbocycles. The van der Waals surface area contributed by atoms with Crippen LogP contribution >= 0.6 is 27.5 Å². The zero-order valence-corrected chi connectivity index (χ0v) is 13.6. The van der Waals surface area contributed by atoms with Crippen LogP contribution in [0.3, 0.4) is 0 Å². The van der Waals surface area contributed by atoms with E-state index in [0.29, 0.717) is 0 Å². The van der Waals surface area contributed by atoms with E-state index in [1.165, 1.54) is 18.4 Å². The Balaban J connectivity index is 2.46. The summed E-state index contributed by atoms with van der Waals surface area (Å²) >= 11 is 9.85. The van der Waals surface area contributed by atoms with E-state index in [4.69, 9.17) is 21.1 Å². The van der Waals surface area contributed by atoms with Crippen molar-refractivity contribution in [2.24, 2.45) is 0 Å². The third-order valence-corrected chi connectivity index (χ3v) is 4.48. The Kier molecular flexibility index (Phi) is 5.17. The van der Waals surface area contributed by atoms with Gasteiger partial charge in [-0.15, -0.1) is 11.6 Å². The number of hydrogen-bond donors (Lipinski definition) is 0. The molecule has 1 aromatic carbocycles. The van der Waals surface area contributed by atoms with Crippen LogP contribution in [0.5, 0.6) is 11.5 Å². The number of halogens is 2. The normalized spacial score (nSPS) is 19.6. The molecule has 1 unspecified atom stereocenters. The summed E-state index contributed by atoms with van der Waals surface area (Å²) in [5.74, 6) is 1.59. The molecule has 0 N–H and O–H groups in total. The number of benzene rings is 1. The molecule has 1 atom stereocenters. The van der Waals surface area contributed by atoms with E-state index in [0.717, 1.165) is 34.4 Å². The summed E-state index contributed by atoms with van der Waals surface area (Å²) in [5.41, 5.74) is 2.36. The van der Waals surface area contributed by atoms with Crippen molar-refractivity contribution in [3.63, 3.8) is 0 Å². The fourth-order valence-corrected chi connectivity index (χ4v) is 3.39. The Morgan fingerprint density at radius 3 is 2.68 bits per heavy atom. The lowest BCUT2D eigenvalue weighted by Crippen LogP contribution is -1.97. The molecule has 2 nitrogen and oxygen atoms in total. The van der Waals surface area contributed by atoms with Crippen molar-refractivity contribution in [1.82, 2.24) is 0 Å². The zero-order chi connectivity index (χ0) is 13.8. The first-order chi connectivity index (χ1) is 9.17. The number of alkyl halides is 1. The van der Waals surface area contributed by atoms with E-state index in [1.54, 1.807) is 14.2 Å². The number of ether oxygens (including phenoxy) is 2. The number of allylic oxidation sites excluding steroid dienone is 2. The second-order valence-electron chi connectivity index (χ2n) is 4.62. The largest absolute Gasteiger partial charge is 0.495 e. The number of methoxy groups -OCH3 is 2. The highest BCUT2D eigenvalue weighted by Gasteiger charge is 2.18. The predicted octanol–water partition coefficient (Wildman–Crippen LogP) is 5.03. The molecule has 104 valence electrons. The monoisotopic (exact) mass is 344 g/mol. The van der Waals surface area contributed by atoms with Gasteiger partial charge in [0.15, 0.2) is 0 Å². The maximum atomic E-state index is 6.31. The van der Waals surface area contributed by atoms with Crippen LogP contribution in [0, 0.1) is 0 Å². The van der Waals surface area contributed by atoms with Gasteiger partial charge in [0.05, 0.1) is 19.6 Å². The second kappa shape index (κ2) is 6.67. The quantitative estimate of drug-likeness (QED) is 0.715. The molecule has 0 bridgehead atoms. The summed E-state index contributed by atoms with van der Waals surface area (Å²) in [7, 11) is 3.33. The minimum absolute atomic E-state index is 0.114. The first-order valence-corrected chi connectivity index (χ1v) is 7.66. The van der Waals surface area contributed by atoms with E-state index < -0.39 is 0 Å². The smallest absolute Gasteiger partial charge is 0.144 e. The van der Waals surface area contributed by atoms with Crippen molar-refractivity contribution in [2.75, 3.05) is 14.2 Å². The van der Waals surface area contributed by atoms with E-state index in [9.17, 15) is 0 Å². The average Bonchev–Trinajstić information content (AvgIpc) is 2.63. The van der Waals surface area contributed by atoms with Crippen molar-refractivity contribution in [2.45, 2.75) is 31.1 Å². The Bertz CT molecular complexity index is 485. The van der Waals surface area contributed by atoms with Crippen molar-refractivity contribution in [1.29, 1.82) is 0 Å². The van der Waals surface area contributed by atoms with Gasteiger partial charge in [-0.2, -0.15) is 0 Å². The molecule has 4 heteroatoms. The predicted molar refractivity (Wildman–Crippen MR) is 83.3 cm³/mol. The number of rotatable bonds is 3. The van der Waals surface area contributed by atoms with Gasteiger partial charge in [-0.05, 0) is 52.9 Å². The van der Waals surface area contributed by atoms with E-state index >= 15 is 0 Å². The molecular formula is C15H18BrClO2. The van der Waals surface area contributed by atoms with Crippen LogP contribution < -0.4 is 9.47 Å². The molecule has 0 aromatic heterocycles. The second-order valence-corrected chi connectivity index (χ2v) is 5.97. The Morgan fingerprint density at radius 2 is 2.00 bits per heavy atom. The molecule has 19 heavy (non-hydrogen) atoms. The summed E-state index contributed by atoms with van der Waals surface area (Å²) in [5, 5.41) is 0.114. The lowest BCUT2D eigenvalue weighted by Gasteiger charge is -2.15. The SMILES string of the molecule is COc1ccc(C2=CC(Cl)CCCC2)c(OC)c1Br. The van der Waals surface area contributed by atoms with Crippen LogP contribution in [0.2, 0.25) is 0 Å². The van der Waals surface area contributed by atoms with Gasteiger partial charge in [-0.3, -0.25) is 0 Å². The van der Waals surface area contributed by atoms with E-state index in [2.05, 4.69) is 22.0 Å². The lowest BCUT2D eigenvalue weighted by atomic mass is 10.00. The molecule has 2 rings (SSSR count). The Labute approximate surface area is 127 Å². The summed E-state index contributed by atoms with van der Waals surface area (Å²) in [4.78, 5) is 0. The summed E-state index contributed by atoms with van der Waals surface area (Å²) in [6.45, 7) is 0. The molecular weight excluding hydrogens is 328 g/mol. The molecule has 0 amide bonds. The maximum absolute atomic E-state index is 6.31. The van der Waals surface area contributed by atoms with Crippen LogP contribution in [0.4, 0.5) is 0 Å². The fourth-order valence-electron chi connectivity index (χ4n) is 2.41. The summed E-state index contributed by atoms with van der Waals surface area (Å²) in [6, 6.07) is 4.00. The van der Waals surface area contributed by atoms with Gasteiger partial charge in [0, 0.05) is 5.56 Å². The molecule has 0 spiro atoms. The Hall–Kier alpha value is -0.670. The van der Waals surface area contributed by atoms with Crippen molar-refractivity contribution < 1.29 is 9.47 Å². The standard InChI is InChI=1S/C15H18BrClO2/c1-18-13-8-7-12(15(19-2)14(13)16)10-5-3-4-6-11(17)9-10/h7-9,11H,3-6H2,1-2H3. The van der Waals surface area contributed by atoms with Gasteiger partial charge >= 0.3 is 0 Å². The van der Waals surface area contributed by atoms with Crippen molar-refractivity contribution >= 4 is 33.1 Å². The van der Waals surface area contributed by atoms with Crippen molar-refractivity contribution in [3.05, 3.63) is 28.2 Å². The van der Waals surface area contributed by atoms with E-state index in [-0.39, 0.29) is 5.38 Å². The highest BCUT2D eigenvalue weighted by atomic mass is 79.9. The molecule has 0 fully saturated rings. The highest BCUT2D eigenvalue weighted by Crippen LogP contribution is 2.42. The minimum Gasteiger partial charge on any atom is -0.495 e. The minimum atomic E-state index is 0.114. The third-order valence-electron chi connectivity index (χ3n) is 3.39.